The van der Waals surface area contributed by atoms with Crippen molar-refractivity contribution in [2.24, 2.45) is 11.3 Å². The molecule has 0 heterocycles. The van der Waals surface area contributed by atoms with E-state index < -0.39 is 67.7 Å². The van der Waals surface area contributed by atoms with Crippen molar-refractivity contribution in [1.29, 1.82) is 0 Å². The second kappa shape index (κ2) is 26.2. The van der Waals surface area contributed by atoms with E-state index in [1.807, 2.05) is 25.1 Å². The van der Waals surface area contributed by atoms with Crippen LogP contribution in [0.3, 0.4) is 0 Å². The predicted molar refractivity (Wildman–Crippen MR) is 233 cm³/mol. The van der Waals surface area contributed by atoms with Crippen LogP contribution < -0.4 is 4.74 Å². The van der Waals surface area contributed by atoms with Crippen LogP contribution in [-0.4, -0.2) is 82.1 Å². The minimum Gasteiger partial charge on any atom is -0.492 e. The second-order valence-electron chi connectivity index (χ2n) is 16.2. The summed E-state index contributed by atoms with van der Waals surface area (Å²) in [5.74, 6) is -5.78. The standard InChI is InChI=1S/C49H65FO13/c1-9-13-14-16-34-18-20-36(21-19-34)37-22-23-39(41(50)26-37)40-25-38(17-15-24-59-43(51)32(5)6)42(27-35(40)10-2)60-28-49(29-61-44(52)33(7)8,30-62-47(55)45(53)57-11-3)31-63-48(56)46(54)58-12-4/h22-23,25-27,34,36H,5,7,9-21,24,28-31H2,1-4,6,8H3. The number of ether oxygens (including phenoxy) is 7. The van der Waals surface area contributed by atoms with Gasteiger partial charge in [0.1, 0.15) is 43.4 Å². The molecule has 1 fully saturated rings. The molecule has 0 bridgehead atoms. The van der Waals surface area contributed by atoms with Gasteiger partial charge in [0.25, 0.3) is 0 Å². The highest BCUT2D eigenvalue weighted by atomic mass is 19.1. The summed E-state index contributed by atoms with van der Waals surface area (Å²) in [5.41, 5.74) is 1.87. The number of halogens is 1. The van der Waals surface area contributed by atoms with Crippen molar-refractivity contribution in [3.05, 3.63) is 77.1 Å². The molecule has 1 aliphatic carbocycles. The maximum atomic E-state index is 16.3. The van der Waals surface area contributed by atoms with Crippen LogP contribution in [0.2, 0.25) is 0 Å². The lowest BCUT2D eigenvalue weighted by atomic mass is 9.76. The summed E-state index contributed by atoms with van der Waals surface area (Å²) in [6, 6.07) is 9.04. The van der Waals surface area contributed by atoms with Crippen molar-refractivity contribution in [2.75, 3.05) is 46.2 Å². The molecule has 2 aromatic carbocycles. The minimum atomic E-state index is -1.73. The lowest BCUT2D eigenvalue weighted by Gasteiger charge is -2.32. The van der Waals surface area contributed by atoms with Crippen LogP contribution in [0.1, 0.15) is 122 Å². The SMILES string of the molecule is C=C(C)C(=O)OCCCc1cc(-c2ccc(C3CCC(CCCCC)CC3)cc2F)c(CC)cc1OCC(COC(=O)C(=C)C)(COC(=O)C(=O)OCC)COC(=O)C(=O)OCC. The highest BCUT2D eigenvalue weighted by molar-refractivity contribution is 6.30. The number of hydrogen-bond donors (Lipinski definition) is 0. The first-order valence-electron chi connectivity index (χ1n) is 22.0. The third kappa shape index (κ3) is 16.3. The maximum Gasteiger partial charge on any atom is 0.417 e. The molecule has 0 unspecified atom stereocenters. The molecule has 1 aliphatic rings. The Labute approximate surface area is 371 Å². The van der Waals surface area contributed by atoms with Gasteiger partial charge in [-0.15, -0.1) is 0 Å². The molecule has 0 aromatic heterocycles. The Morgan fingerprint density at radius 3 is 1.71 bits per heavy atom. The fourth-order valence-electron chi connectivity index (χ4n) is 7.32. The number of hydrogen-bond acceptors (Lipinski definition) is 13. The van der Waals surface area contributed by atoms with Crippen LogP contribution >= 0.6 is 0 Å². The van der Waals surface area contributed by atoms with Crippen LogP contribution in [-0.2, 0) is 70.0 Å². The fraction of sp³-hybridized carbons (Fsp3) is 0.551. The van der Waals surface area contributed by atoms with E-state index >= 15 is 4.39 Å². The van der Waals surface area contributed by atoms with Gasteiger partial charge in [-0.05, 0) is 125 Å². The first kappa shape index (κ1) is 51.8. The molecule has 1 saturated carbocycles. The predicted octanol–water partition coefficient (Wildman–Crippen LogP) is 8.66. The van der Waals surface area contributed by atoms with Crippen molar-refractivity contribution in [2.45, 2.75) is 118 Å². The molecule has 13 nitrogen and oxygen atoms in total. The number of unbranched alkanes of at least 4 members (excludes halogenated alkanes) is 2. The van der Waals surface area contributed by atoms with E-state index in [9.17, 15) is 28.8 Å². The fourth-order valence-corrected chi connectivity index (χ4v) is 7.32. The Kier molecular flexibility index (Phi) is 21.5. The molecule has 14 heteroatoms. The molecule has 63 heavy (non-hydrogen) atoms. The summed E-state index contributed by atoms with van der Waals surface area (Å²) >= 11 is 0. The number of esters is 6. The van der Waals surface area contributed by atoms with Gasteiger partial charge in [0, 0.05) is 16.7 Å². The molecule has 2 aromatic rings. The van der Waals surface area contributed by atoms with Gasteiger partial charge < -0.3 is 33.2 Å². The quantitative estimate of drug-likeness (QED) is 0.0323. The van der Waals surface area contributed by atoms with Crippen molar-refractivity contribution in [3.8, 4) is 16.9 Å². The van der Waals surface area contributed by atoms with Gasteiger partial charge in [0.2, 0.25) is 0 Å². The summed E-state index contributed by atoms with van der Waals surface area (Å²) < 4.78 is 53.7. The molecule has 0 aliphatic heterocycles. The first-order chi connectivity index (χ1) is 30.1. The smallest absolute Gasteiger partial charge is 0.417 e. The zero-order chi connectivity index (χ0) is 46.5. The van der Waals surface area contributed by atoms with E-state index in [1.165, 1.54) is 53.4 Å². The van der Waals surface area contributed by atoms with Crippen LogP contribution in [0, 0.1) is 17.2 Å². The zero-order valence-corrected chi connectivity index (χ0v) is 37.9. The van der Waals surface area contributed by atoms with Gasteiger partial charge in [-0.2, -0.15) is 0 Å². The molecule has 0 spiro atoms. The highest BCUT2D eigenvalue weighted by Crippen LogP contribution is 2.40. The van der Waals surface area contributed by atoms with Gasteiger partial charge in [-0.3, -0.25) is 0 Å². The van der Waals surface area contributed by atoms with E-state index in [4.69, 9.17) is 33.2 Å². The van der Waals surface area contributed by atoms with Crippen LogP contribution in [0.4, 0.5) is 4.39 Å². The van der Waals surface area contributed by atoms with Crippen LogP contribution in [0.25, 0.3) is 11.1 Å². The number of rotatable bonds is 24. The summed E-state index contributed by atoms with van der Waals surface area (Å²) in [6.07, 6.45) is 10.4. The maximum absolute atomic E-state index is 16.3. The van der Waals surface area contributed by atoms with E-state index in [1.54, 1.807) is 12.1 Å². The molecular formula is C49H65FO13. The average molecular weight is 881 g/mol. The molecule has 0 atom stereocenters. The number of benzene rings is 2. The molecule has 0 saturated heterocycles. The van der Waals surface area contributed by atoms with Gasteiger partial charge in [0.15, 0.2) is 0 Å². The Hall–Kier alpha value is -5.53. The van der Waals surface area contributed by atoms with E-state index in [0.29, 0.717) is 35.3 Å². The number of carbonyl (C=O) groups is 6. The largest absolute Gasteiger partial charge is 0.492 e. The lowest BCUT2D eigenvalue weighted by Crippen LogP contribution is -2.45. The van der Waals surface area contributed by atoms with Crippen molar-refractivity contribution in [1.82, 2.24) is 0 Å². The number of aryl methyl sites for hydroxylation is 2. The number of carbonyl (C=O) groups excluding carboxylic acids is 6. The summed E-state index contributed by atoms with van der Waals surface area (Å²) in [4.78, 5) is 74.6. The van der Waals surface area contributed by atoms with Gasteiger partial charge >= 0.3 is 35.8 Å². The molecule has 0 amide bonds. The summed E-state index contributed by atoms with van der Waals surface area (Å²) in [7, 11) is 0. The molecule has 346 valence electrons. The second-order valence-corrected chi connectivity index (χ2v) is 16.2. The van der Waals surface area contributed by atoms with E-state index in [2.05, 4.69) is 20.1 Å². The third-order valence-corrected chi connectivity index (χ3v) is 11.0. The topological polar surface area (TPSA) is 167 Å². The summed E-state index contributed by atoms with van der Waals surface area (Å²) in [6.45, 7) is 14.6. The lowest BCUT2D eigenvalue weighted by molar-refractivity contribution is -0.178. The van der Waals surface area contributed by atoms with Crippen molar-refractivity contribution >= 4 is 35.8 Å². The highest BCUT2D eigenvalue weighted by Gasteiger charge is 2.39. The Bertz CT molecular complexity index is 1890. The first-order valence-corrected chi connectivity index (χ1v) is 22.0. The molecular weight excluding hydrogens is 816 g/mol. The Morgan fingerprint density at radius 2 is 1.19 bits per heavy atom. The van der Waals surface area contributed by atoms with Gasteiger partial charge in [-0.1, -0.05) is 64.8 Å². The minimum absolute atomic E-state index is 0.0279. The monoisotopic (exact) mass is 880 g/mol. The van der Waals surface area contributed by atoms with Gasteiger partial charge in [0.05, 0.1) is 19.8 Å². The van der Waals surface area contributed by atoms with Crippen molar-refractivity contribution in [3.63, 3.8) is 0 Å². The molecule has 0 radical (unpaired) electrons. The Morgan fingerprint density at radius 1 is 0.635 bits per heavy atom. The average Bonchev–Trinajstić information content (AvgIpc) is 3.27. The van der Waals surface area contributed by atoms with Crippen LogP contribution in [0.5, 0.6) is 5.75 Å². The third-order valence-electron chi connectivity index (χ3n) is 11.0. The molecule has 0 N–H and O–H groups in total. The normalized spacial score (nSPS) is 14.8. The van der Waals surface area contributed by atoms with E-state index in [-0.39, 0.29) is 49.1 Å². The van der Waals surface area contributed by atoms with Crippen LogP contribution in [0.15, 0.2) is 54.6 Å². The Balaban J connectivity index is 2.06. The van der Waals surface area contributed by atoms with E-state index in [0.717, 1.165) is 42.7 Å². The van der Waals surface area contributed by atoms with Gasteiger partial charge in [-0.25, -0.2) is 33.2 Å². The van der Waals surface area contributed by atoms with Crippen molar-refractivity contribution < 1.29 is 66.3 Å². The molecule has 3 rings (SSSR count). The zero-order valence-electron chi connectivity index (χ0n) is 37.9. The summed E-state index contributed by atoms with van der Waals surface area (Å²) in [5, 5.41) is 0.